The van der Waals surface area contributed by atoms with Crippen LogP contribution in [0, 0.1) is 0 Å². The second kappa shape index (κ2) is 9.23. The SMILES string of the molecule is COc1cc(OC)c(C(=O)OCC(=O)NC(=O)c2ccccc2)cc1OC. The number of ether oxygens (including phenoxy) is 4. The normalized spacial score (nSPS) is 9.89. The summed E-state index contributed by atoms with van der Waals surface area (Å²) in [6, 6.07) is 11.1. The lowest BCUT2D eigenvalue weighted by Crippen LogP contribution is -2.34. The van der Waals surface area contributed by atoms with Crippen LogP contribution in [0.15, 0.2) is 42.5 Å². The molecule has 0 saturated carbocycles. The molecule has 0 unspecified atom stereocenters. The summed E-state index contributed by atoms with van der Waals surface area (Å²) < 4.78 is 20.4. The van der Waals surface area contributed by atoms with E-state index >= 15 is 0 Å². The number of carbonyl (C=O) groups excluding carboxylic acids is 3. The Morgan fingerprint density at radius 1 is 0.852 bits per heavy atom. The predicted octanol–water partition coefficient (Wildman–Crippen LogP) is 1.83. The number of methoxy groups -OCH3 is 3. The number of imide groups is 1. The van der Waals surface area contributed by atoms with Crippen molar-refractivity contribution in [1.82, 2.24) is 5.32 Å². The number of esters is 1. The minimum absolute atomic E-state index is 0.0531. The van der Waals surface area contributed by atoms with E-state index in [0.717, 1.165) is 0 Å². The Morgan fingerprint density at radius 3 is 2.04 bits per heavy atom. The fraction of sp³-hybridized carbons (Fsp3) is 0.211. The van der Waals surface area contributed by atoms with Crippen LogP contribution in [0.5, 0.6) is 17.2 Å². The zero-order chi connectivity index (χ0) is 19.8. The Morgan fingerprint density at radius 2 is 1.44 bits per heavy atom. The van der Waals surface area contributed by atoms with Gasteiger partial charge in [-0.05, 0) is 12.1 Å². The molecule has 0 fully saturated rings. The van der Waals surface area contributed by atoms with Gasteiger partial charge >= 0.3 is 5.97 Å². The van der Waals surface area contributed by atoms with Crippen molar-refractivity contribution in [1.29, 1.82) is 0 Å². The molecule has 0 aromatic heterocycles. The number of rotatable bonds is 7. The minimum atomic E-state index is -0.810. The van der Waals surface area contributed by atoms with Crippen LogP contribution >= 0.6 is 0 Å². The van der Waals surface area contributed by atoms with Gasteiger partial charge in [0.1, 0.15) is 11.3 Å². The number of hydrogen-bond donors (Lipinski definition) is 1. The van der Waals surface area contributed by atoms with Crippen molar-refractivity contribution in [3.63, 3.8) is 0 Å². The van der Waals surface area contributed by atoms with Gasteiger partial charge < -0.3 is 18.9 Å². The summed E-state index contributed by atoms with van der Waals surface area (Å²) in [6.07, 6.45) is 0. The summed E-state index contributed by atoms with van der Waals surface area (Å²) in [6.45, 7) is -0.630. The topological polar surface area (TPSA) is 100 Å². The fourth-order valence-corrected chi connectivity index (χ4v) is 2.22. The Balaban J connectivity index is 2.02. The molecule has 2 aromatic rings. The van der Waals surface area contributed by atoms with Gasteiger partial charge in [-0.3, -0.25) is 14.9 Å². The highest BCUT2D eigenvalue weighted by Crippen LogP contribution is 2.34. The quantitative estimate of drug-likeness (QED) is 0.739. The molecule has 0 saturated heterocycles. The molecule has 27 heavy (non-hydrogen) atoms. The van der Waals surface area contributed by atoms with Crippen LogP contribution in [0.2, 0.25) is 0 Å². The molecule has 0 aliphatic carbocycles. The van der Waals surface area contributed by atoms with Crippen molar-refractivity contribution in [2.45, 2.75) is 0 Å². The number of amides is 2. The molecule has 2 aromatic carbocycles. The lowest BCUT2D eigenvalue weighted by molar-refractivity contribution is -0.123. The Labute approximate surface area is 156 Å². The average Bonchev–Trinajstić information content (AvgIpc) is 2.71. The summed E-state index contributed by atoms with van der Waals surface area (Å²) in [7, 11) is 4.24. The lowest BCUT2D eigenvalue weighted by Gasteiger charge is -2.13. The van der Waals surface area contributed by atoms with Gasteiger partial charge in [-0.25, -0.2) is 4.79 Å². The second-order valence-electron chi connectivity index (χ2n) is 5.23. The van der Waals surface area contributed by atoms with Gasteiger partial charge in [-0.15, -0.1) is 0 Å². The summed E-state index contributed by atoms with van der Waals surface area (Å²) in [5.74, 6) is -1.28. The van der Waals surface area contributed by atoms with Crippen molar-refractivity contribution < 1.29 is 33.3 Å². The van der Waals surface area contributed by atoms with E-state index in [1.165, 1.54) is 33.5 Å². The van der Waals surface area contributed by atoms with Crippen LogP contribution in [-0.4, -0.2) is 45.7 Å². The van der Waals surface area contributed by atoms with E-state index in [0.29, 0.717) is 17.1 Å². The third kappa shape index (κ3) is 4.97. The number of hydrogen-bond acceptors (Lipinski definition) is 7. The van der Waals surface area contributed by atoms with E-state index in [4.69, 9.17) is 18.9 Å². The molecule has 2 amide bonds. The maximum Gasteiger partial charge on any atom is 0.342 e. The van der Waals surface area contributed by atoms with Gasteiger partial charge in [0.05, 0.1) is 21.3 Å². The van der Waals surface area contributed by atoms with Crippen molar-refractivity contribution >= 4 is 17.8 Å². The second-order valence-corrected chi connectivity index (χ2v) is 5.23. The number of benzene rings is 2. The summed E-state index contributed by atoms with van der Waals surface area (Å²) >= 11 is 0. The molecule has 0 radical (unpaired) electrons. The molecular formula is C19H19NO7. The van der Waals surface area contributed by atoms with Crippen molar-refractivity contribution in [3.8, 4) is 17.2 Å². The zero-order valence-corrected chi connectivity index (χ0v) is 15.1. The Bertz CT molecular complexity index is 833. The molecule has 0 heterocycles. The molecule has 1 N–H and O–H groups in total. The van der Waals surface area contributed by atoms with Crippen LogP contribution in [0.25, 0.3) is 0 Å². The first kappa shape index (κ1) is 19.8. The maximum absolute atomic E-state index is 12.3. The monoisotopic (exact) mass is 373 g/mol. The maximum atomic E-state index is 12.3. The van der Waals surface area contributed by atoms with Gasteiger partial charge in [0.2, 0.25) is 0 Å². The molecule has 0 bridgehead atoms. The summed E-state index contributed by atoms with van der Waals surface area (Å²) in [4.78, 5) is 36.0. The third-order valence-electron chi connectivity index (χ3n) is 3.55. The van der Waals surface area contributed by atoms with Gasteiger partial charge in [-0.1, -0.05) is 18.2 Å². The first-order valence-corrected chi connectivity index (χ1v) is 7.86. The van der Waals surface area contributed by atoms with Crippen LogP contribution in [0.3, 0.4) is 0 Å². The Kier molecular flexibility index (Phi) is 6.76. The molecule has 2 rings (SSSR count). The van der Waals surface area contributed by atoms with E-state index in [2.05, 4.69) is 5.32 Å². The average molecular weight is 373 g/mol. The van der Waals surface area contributed by atoms with E-state index in [1.807, 2.05) is 0 Å². The van der Waals surface area contributed by atoms with Crippen LogP contribution in [-0.2, 0) is 9.53 Å². The van der Waals surface area contributed by atoms with Gasteiger partial charge in [0, 0.05) is 17.7 Å². The highest BCUT2D eigenvalue weighted by molar-refractivity contribution is 6.05. The first-order valence-electron chi connectivity index (χ1n) is 7.86. The number of carbonyl (C=O) groups is 3. The summed E-state index contributed by atoms with van der Waals surface area (Å²) in [5, 5.41) is 2.14. The molecule has 0 spiro atoms. The molecule has 0 aliphatic heterocycles. The number of nitrogens with one attached hydrogen (secondary N) is 1. The predicted molar refractivity (Wildman–Crippen MR) is 95.3 cm³/mol. The smallest absolute Gasteiger partial charge is 0.342 e. The first-order chi connectivity index (χ1) is 13.0. The van der Waals surface area contributed by atoms with E-state index in [9.17, 15) is 14.4 Å². The molecule has 0 aliphatic rings. The fourth-order valence-electron chi connectivity index (χ4n) is 2.22. The third-order valence-corrected chi connectivity index (χ3v) is 3.55. The van der Waals surface area contributed by atoms with Crippen LogP contribution in [0.4, 0.5) is 0 Å². The van der Waals surface area contributed by atoms with Gasteiger partial charge in [-0.2, -0.15) is 0 Å². The van der Waals surface area contributed by atoms with E-state index < -0.39 is 24.4 Å². The molecular weight excluding hydrogens is 354 g/mol. The largest absolute Gasteiger partial charge is 0.496 e. The van der Waals surface area contributed by atoms with E-state index in [-0.39, 0.29) is 11.3 Å². The standard InChI is InChI=1S/C19H19NO7/c1-24-14-10-16(26-3)15(25-2)9-13(14)19(23)27-11-17(21)20-18(22)12-7-5-4-6-8-12/h4-10H,11H2,1-3H3,(H,20,21,22). The minimum Gasteiger partial charge on any atom is -0.496 e. The van der Waals surface area contributed by atoms with Gasteiger partial charge in [0.25, 0.3) is 11.8 Å². The summed E-state index contributed by atoms with van der Waals surface area (Å²) in [5.41, 5.74) is 0.371. The van der Waals surface area contributed by atoms with E-state index in [1.54, 1.807) is 30.3 Å². The Hall–Kier alpha value is -3.55. The van der Waals surface area contributed by atoms with Crippen molar-refractivity contribution in [2.24, 2.45) is 0 Å². The van der Waals surface area contributed by atoms with Crippen LogP contribution < -0.4 is 19.5 Å². The molecule has 8 heteroatoms. The highest BCUT2D eigenvalue weighted by Gasteiger charge is 2.20. The van der Waals surface area contributed by atoms with Crippen molar-refractivity contribution in [3.05, 3.63) is 53.6 Å². The van der Waals surface area contributed by atoms with Crippen molar-refractivity contribution in [2.75, 3.05) is 27.9 Å². The molecule has 0 atom stereocenters. The lowest BCUT2D eigenvalue weighted by atomic mass is 10.1. The molecule has 8 nitrogen and oxygen atoms in total. The molecule has 142 valence electrons. The highest BCUT2D eigenvalue weighted by atomic mass is 16.5. The zero-order valence-electron chi connectivity index (χ0n) is 15.1. The van der Waals surface area contributed by atoms with Crippen LogP contribution in [0.1, 0.15) is 20.7 Å². The van der Waals surface area contributed by atoms with Gasteiger partial charge in [0.15, 0.2) is 18.1 Å².